The molecule has 1 saturated carbocycles. The van der Waals surface area contributed by atoms with E-state index < -0.39 is 0 Å². The van der Waals surface area contributed by atoms with Gasteiger partial charge in [-0.2, -0.15) is 0 Å². The number of rotatable bonds is 3. The van der Waals surface area contributed by atoms with E-state index in [0.29, 0.717) is 0 Å². The van der Waals surface area contributed by atoms with Crippen molar-refractivity contribution in [1.82, 2.24) is 10.2 Å². The molecule has 2 nitrogen and oxygen atoms in total. The second-order valence-corrected chi connectivity index (χ2v) is 5.82. The molecule has 1 N–H and O–H groups in total. The first-order valence-corrected chi connectivity index (χ1v) is 7.27. The Labute approximate surface area is 101 Å². The molecule has 0 amide bonds. The summed E-state index contributed by atoms with van der Waals surface area (Å²) in [5.74, 6) is 0.992. The minimum Gasteiger partial charge on any atom is -0.311 e. The SMILES string of the molecule is CCC1CN(CC2CCCCC2)C(C)CN1. The van der Waals surface area contributed by atoms with E-state index in [-0.39, 0.29) is 0 Å². The highest BCUT2D eigenvalue weighted by Gasteiger charge is 2.26. The molecule has 0 aromatic heterocycles. The van der Waals surface area contributed by atoms with Crippen molar-refractivity contribution in [1.29, 1.82) is 0 Å². The van der Waals surface area contributed by atoms with Gasteiger partial charge >= 0.3 is 0 Å². The van der Waals surface area contributed by atoms with Crippen LogP contribution in [0.2, 0.25) is 0 Å². The molecule has 94 valence electrons. The zero-order valence-corrected chi connectivity index (χ0v) is 11.0. The third-order valence-electron chi connectivity index (χ3n) is 4.49. The summed E-state index contributed by atoms with van der Waals surface area (Å²) in [5.41, 5.74) is 0. The Morgan fingerprint density at radius 2 is 1.94 bits per heavy atom. The van der Waals surface area contributed by atoms with Crippen LogP contribution in [0.25, 0.3) is 0 Å². The summed E-state index contributed by atoms with van der Waals surface area (Å²) in [4.78, 5) is 2.74. The van der Waals surface area contributed by atoms with E-state index in [4.69, 9.17) is 0 Å². The predicted molar refractivity (Wildman–Crippen MR) is 69.7 cm³/mol. The summed E-state index contributed by atoms with van der Waals surface area (Å²) in [7, 11) is 0. The topological polar surface area (TPSA) is 15.3 Å². The largest absolute Gasteiger partial charge is 0.311 e. The molecule has 2 aliphatic rings. The molecule has 1 saturated heterocycles. The third kappa shape index (κ3) is 3.21. The molecule has 2 heteroatoms. The van der Waals surface area contributed by atoms with Crippen molar-refractivity contribution in [2.24, 2.45) is 5.92 Å². The second-order valence-electron chi connectivity index (χ2n) is 5.82. The highest BCUT2D eigenvalue weighted by molar-refractivity contribution is 4.84. The lowest BCUT2D eigenvalue weighted by Crippen LogP contribution is -2.56. The Balaban J connectivity index is 1.81. The van der Waals surface area contributed by atoms with Crippen LogP contribution in [-0.4, -0.2) is 36.6 Å². The van der Waals surface area contributed by atoms with Gasteiger partial charge in [-0.1, -0.05) is 26.2 Å². The van der Waals surface area contributed by atoms with Gasteiger partial charge in [-0.05, 0) is 32.1 Å². The van der Waals surface area contributed by atoms with Gasteiger partial charge in [0.1, 0.15) is 0 Å². The normalized spacial score (nSPS) is 34.1. The van der Waals surface area contributed by atoms with E-state index in [1.165, 1.54) is 58.2 Å². The first-order valence-electron chi connectivity index (χ1n) is 7.27. The van der Waals surface area contributed by atoms with Gasteiger partial charge in [-0.15, -0.1) is 0 Å². The maximum atomic E-state index is 3.64. The maximum absolute atomic E-state index is 3.64. The zero-order chi connectivity index (χ0) is 11.4. The molecular formula is C14H28N2. The average Bonchev–Trinajstić information content (AvgIpc) is 2.33. The van der Waals surface area contributed by atoms with Crippen molar-refractivity contribution in [2.45, 2.75) is 64.5 Å². The van der Waals surface area contributed by atoms with Crippen molar-refractivity contribution in [2.75, 3.05) is 19.6 Å². The number of piperazine rings is 1. The van der Waals surface area contributed by atoms with Crippen molar-refractivity contribution in [3.63, 3.8) is 0 Å². The van der Waals surface area contributed by atoms with E-state index in [2.05, 4.69) is 24.1 Å². The van der Waals surface area contributed by atoms with E-state index in [0.717, 1.165) is 18.0 Å². The Bertz CT molecular complexity index is 199. The molecule has 2 fully saturated rings. The Kier molecular flexibility index (Phi) is 4.66. The van der Waals surface area contributed by atoms with E-state index in [9.17, 15) is 0 Å². The molecule has 16 heavy (non-hydrogen) atoms. The van der Waals surface area contributed by atoms with Crippen molar-refractivity contribution < 1.29 is 0 Å². The maximum Gasteiger partial charge on any atom is 0.0193 e. The van der Waals surface area contributed by atoms with Gasteiger partial charge in [0, 0.05) is 31.7 Å². The van der Waals surface area contributed by atoms with Crippen molar-refractivity contribution in [3.05, 3.63) is 0 Å². The predicted octanol–water partition coefficient (Wildman–Crippen LogP) is 2.64. The minimum absolute atomic E-state index is 0.736. The quantitative estimate of drug-likeness (QED) is 0.793. The Morgan fingerprint density at radius 1 is 1.19 bits per heavy atom. The summed E-state index contributed by atoms with van der Waals surface area (Å²) in [6.45, 7) is 8.49. The molecule has 0 radical (unpaired) electrons. The number of nitrogens with one attached hydrogen (secondary N) is 1. The van der Waals surface area contributed by atoms with Gasteiger partial charge < -0.3 is 5.32 Å². The second kappa shape index (κ2) is 6.02. The minimum atomic E-state index is 0.736. The number of hydrogen-bond donors (Lipinski definition) is 1. The smallest absolute Gasteiger partial charge is 0.0193 e. The molecule has 0 spiro atoms. The fourth-order valence-corrected chi connectivity index (χ4v) is 3.22. The standard InChI is InChI=1S/C14H28N2/c1-3-14-11-16(12(2)9-15-14)10-13-7-5-4-6-8-13/h12-15H,3-11H2,1-2H3. The van der Waals surface area contributed by atoms with Crippen LogP contribution in [0.4, 0.5) is 0 Å². The van der Waals surface area contributed by atoms with Crippen LogP contribution in [0.15, 0.2) is 0 Å². The van der Waals surface area contributed by atoms with Gasteiger partial charge in [0.15, 0.2) is 0 Å². The van der Waals surface area contributed by atoms with Gasteiger partial charge in [-0.3, -0.25) is 4.90 Å². The van der Waals surface area contributed by atoms with E-state index in [1.807, 2.05) is 0 Å². The monoisotopic (exact) mass is 224 g/mol. The third-order valence-corrected chi connectivity index (χ3v) is 4.49. The van der Waals surface area contributed by atoms with Crippen LogP contribution in [0.1, 0.15) is 52.4 Å². The summed E-state index contributed by atoms with van der Waals surface area (Å²) < 4.78 is 0. The number of hydrogen-bond acceptors (Lipinski definition) is 2. The van der Waals surface area contributed by atoms with E-state index >= 15 is 0 Å². The van der Waals surface area contributed by atoms with Gasteiger partial charge in [0.05, 0.1) is 0 Å². The number of nitrogens with zero attached hydrogens (tertiary/aromatic N) is 1. The highest BCUT2D eigenvalue weighted by Crippen LogP contribution is 2.25. The lowest BCUT2D eigenvalue weighted by molar-refractivity contribution is 0.107. The lowest BCUT2D eigenvalue weighted by Gasteiger charge is -2.41. The first kappa shape index (κ1) is 12.4. The summed E-state index contributed by atoms with van der Waals surface area (Å²) in [5, 5.41) is 3.64. The fraction of sp³-hybridized carbons (Fsp3) is 1.00. The molecule has 1 aliphatic carbocycles. The van der Waals surface area contributed by atoms with Crippen LogP contribution in [0.3, 0.4) is 0 Å². The summed E-state index contributed by atoms with van der Waals surface area (Å²) >= 11 is 0. The summed E-state index contributed by atoms with van der Waals surface area (Å²) in [6, 6.07) is 1.48. The molecule has 0 aromatic carbocycles. The van der Waals surface area contributed by atoms with Gasteiger partial charge in [0.2, 0.25) is 0 Å². The van der Waals surface area contributed by atoms with Crippen LogP contribution in [-0.2, 0) is 0 Å². The lowest BCUT2D eigenvalue weighted by atomic mass is 9.88. The first-order chi connectivity index (χ1) is 7.79. The Morgan fingerprint density at radius 3 is 2.62 bits per heavy atom. The molecule has 2 rings (SSSR count). The van der Waals surface area contributed by atoms with Crippen LogP contribution < -0.4 is 5.32 Å². The van der Waals surface area contributed by atoms with Crippen LogP contribution >= 0.6 is 0 Å². The van der Waals surface area contributed by atoms with Crippen molar-refractivity contribution >= 4 is 0 Å². The van der Waals surface area contributed by atoms with Gasteiger partial charge in [0.25, 0.3) is 0 Å². The summed E-state index contributed by atoms with van der Waals surface area (Å²) in [6.07, 6.45) is 8.66. The molecule has 1 aliphatic heterocycles. The molecule has 2 atom stereocenters. The fourth-order valence-electron chi connectivity index (χ4n) is 3.22. The average molecular weight is 224 g/mol. The van der Waals surface area contributed by atoms with Gasteiger partial charge in [-0.25, -0.2) is 0 Å². The Hall–Kier alpha value is -0.0800. The highest BCUT2D eigenvalue weighted by atomic mass is 15.2. The zero-order valence-electron chi connectivity index (χ0n) is 11.0. The van der Waals surface area contributed by atoms with Crippen LogP contribution in [0, 0.1) is 5.92 Å². The molecule has 1 heterocycles. The van der Waals surface area contributed by atoms with Crippen molar-refractivity contribution in [3.8, 4) is 0 Å². The molecule has 2 unspecified atom stereocenters. The van der Waals surface area contributed by atoms with Crippen LogP contribution in [0.5, 0.6) is 0 Å². The molecule has 0 bridgehead atoms. The molecule has 0 aromatic rings. The van der Waals surface area contributed by atoms with E-state index in [1.54, 1.807) is 0 Å². The molecular weight excluding hydrogens is 196 g/mol.